The largest absolute Gasteiger partial charge is 0.478 e. The van der Waals surface area contributed by atoms with Gasteiger partial charge in [0.1, 0.15) is 12.0 Å². The van der Waals surface area contributed by atoms with E-state index in [4.69, 9.17) is 10.8 Å². The molecule has 9 heteroatoms. The van der Waals surface area contributed by atoms with Crippen molar-refractivity contribution in [1.82, 2.24) is 15.4 Å². The fourth-order valence-corrected chi connectivity index (χ4v) is 2.21. The number of anilines is 4. The van der Waals surface area contributed by atoms with Crippen molar-refractivity contribution in [3.8, 4) is 0 Å². The first-order valence-electron chi connectivity index (χ1n) is 7.87. The predicted molar refractivity (Wildman–Crippen MR) is 101 cm³/mol. The second kappa shape index (κ2) is 7.83. The van der Waals surface area contributed by atoms with E-state index in [0.717, 1.165) is 0 Å². The molecule has 6 N–H and O–H groups in total. The zero-order chi connectivity index (χ0) is 19.2. The molecule has 0 fully saturated rings. The molecule has 2 aromatic carbocycles. The second-order valence-corrected chi connectivity index (χ2v) is 5.44. The first-order chi connectivity index (χ1) is 13.0. The Morgan fingerprint density at radius 3 is 2.22 bits per heavy atom. The molecule has 0 atom stereocenters. The van der Waals surface area contributed by atoms with Gasteiger partial charge in [-0.2, -0.15) is 0 Å². The van der Waals surface area contributed by atoms with Gasteiger partial charge in [0.2, 0.25) is 0 Å². The van der Waals surface area contributed by atoms with E-state index in [0.29, 0.717) is 17.1 Å². The summed E-state index contributed by atoms with van der Waals surface area (Å²) in [7, 11) is 0. The first-order valence-corrected chi connectivity index (χ1v) is 7.87. The molecule has 1 aromatic heterocycles. The number of aromatic nitrogens is 2. The average Bonchev–Trinajstić information content (AvgIpc) is 2.69. The molecular formula is C18H16N6O3. The summed E-state index contributed by atoms with van der Waals surface area (Å²) in [5, 5.41) is 11.9. The summed E-state index contributed by atoms with van der Waals surface area (Å²) in [6, 6.07) is 14.8. The number of aromatic carboxylic acids is 1. The lowest BCUT2D eigenvalue weighted by Crippen LogP contribution is -2.30. The molecule has 0 aliphatic rings. The fraction of sp³-hybridized carbons (Fsp3) is 0. The van der Waals surface area contributed by atoms with Crippen LogP contribution in [-0.2, 0) is 0 Å². The summed E-state index contributed by atoms with van der Waals surface area (Å²) in [5.74, 6) is -0.820. The summed E-state index contributed by atoms with van der Waals surface area (Å²) < 4.78 is 0. The normalized spacial score (nSPS) is 10.1. The number of rotatable bonds is 6. The molecule has 0 spiro atoms. The summed E-state index contributed by atoms with van der Waals surface area (Å²) in [6.45, 7) is 0. The third-order valence-corrected chi connectivity index (χ3v) is 3.61. The number of hydrazine groups is 1. The standard InChI is InChI=1S/C18H16N6O3/c19-14-15(22-13-8-6-12(7-9-13)18(26)27)20-10-21-16(14)23-24-17(25)11-4-2-1-3-5-11/h1-10H,19H2,(H,24,25)(H,26,27)(H2,20,21,22,23). The van der Waals surface area contributed by atoms with Crippen molar-refractivity contribution in [2.75, 3.05) is 16.5 Å². The van der Waals surface area contributed by atoms with Crippen LogP contribution in [0.25, 0.3) is 0 Å². The summed E-state index contributed by atoms with van der Waals surface area (Å²) >= 11 is 0. The molecule has 9 nitrogen and oxygen atoms in total. The molecule has 0 unspecified atom stereocenters. The number of nitrogens with two attached hydrogens (primary N) is 1. The first kappa shape index (κ1) is 17.7. The zero-order valence-electron chi connectivity index (χ0n) is 14.0. The van der Waals surface area contributed by atoms with Crippen LogP contribution in [0.1, 0.15) is 20.7 Å². The molecule has 0 aliphatic heterocycles. The summed E-state index contributed by atoms with van der Waals surface area (Å²) in [6.07, 6.45) is 1.28. The maximum absolute atomic E-state index is 12.1. The van der Waals surface area contributed by atoms with Crippen molar-refractivity contribution in [2.24, 2.45) is 0 Å². The van der Waals surface area contributed by atoms with Gasteiger partial charge in [-0.1, -0.05) is 18.2 Å². The lowest BCUT2D eigenvalue weighted by atomic mass is 10.2. The van der Waals surface area contributed by atoms with Gasteiger partial charge in [0.05, 0.1) is 5.56 Å². The summed E-state index contributed by atoms with van der Waals surface area (Å²) in [4.78, 5) is 31.0. The number of carboxylic acid groups (broad SMARTS) is 1. The Kier molecular flexibility index (Phi) is 5.12. The van der Waals surface area contributed by atoms with Crippen LogP contribution in [0.5, 0.6) is 0 Å². The van der Waals surface area contributed by atoms with Crippen LogP contribution < -0.4 is 21.9 Å². The number of benzene rings is 2. The minimum Gasteiger partial charge on any atom is -0.478 e. The minimum atomic E-state index is -1.01. The highest BCUT2D eigenvalue weighted by atomic mass is 16.4. The van der Waals surface area contributed by atoms with Gasteiger partial charge >= 0.3 is 5.97 Å². The molecule has 3 rings (SSSR count). The van der Waals surface area contributed by atoms with Crippen LogP contribution in [0.3, 0.4) is 0 Å². The van der Waals surface area contributed by atoms with Crippen LogP contribution in [0, 0.1) is 0 Å². The third kappa shape index (κ3) is 4.28. The second-order valence-electron chi connectivity index (χ2n) is 5.44. The number of nitrogens with zero attached hydrogens (tertiary/aromatic N) is 2. The maximum Gasteiger partial charge on any atom is 0.335 e. The quantitative estimate of drug-likeness (QED) is 0.419. The topological polar surface area (TPSA) is 142 Å². The van der Waals surface area contributed by atoms with Crippen molar-refractivity contribution in [3.05, 3.63) is 72.1 Å². The molecule has 3 aromatic rings. The maximum atomic E-state index is 12.1. The molecule has 1 amide bonds. The Labute approximate surface area is 154 Å². The van der Waals surface area contributed by atoms with Gasteiger partial charge in [0.15, 0.2) is 11.6 Å². The Balaban J connectivity index is 1.70. The Bertz CT molecular complexity index is 961. The zero-order valence-corrected chi connectivity index (χ0v) is 14.0. The Hall–Kier alpha value is -4.14. The van der Waals surface area contributed by atoms with Crippen LogP contribution in [0.2, 0.25) is 0 Å². The SMILES string of the molecule is Nc1c(NNC(=O)c2ccccc2)ncnc1Nc1ccc(C(=O)O)cc1. The number of nitrogens with one attached hydrogen (secondary N) is 3. The number of carbonyl (C=O) groups excluding carboxylic acids is 1. The van der Waals surface area contributed by atoms with E-state index >= 15 is 0 Å². The van der Waals surface area contributed by atoms with Gasteiger partial charge in [-0.25, -0.2) is 14.8 Å². The number of hydrogen-bond acceptors (Lipinski definition) is 7. The number of carbonyl (C=O) groups is 2. The molecule has 1 heterocycles. The highest BCUT2D eigenvalue weighted by molar-refractivity contribution is 5.95. The van der Waals surface area contributed by atoms with Crippen molar-refractivity contribution in [3.63, 3.8) is 0 Å². The monoisotopic (exact) mass is 364 g/mol. The molecule has 0 aliphatic carbocycles. The van der Waals surface area contributed by atoms with E-state index in [2.05, 4.69) is 26.1 Å². The smallest absolute Gasteiger partial charge is 0.335 e. The Morgan fingerprint density at radius 2 is 1.56 bits per heavy atom. The van der Waals surface area contributed by atoms with Crippen molar-refractivity contribution >= 4 is 34.9 Å². The van der Waals surface area contributed by atoms with E-state index in [1.807, 2.05) is 6.07 Å². The van der Waals surface area contributed by atoms with Gasteiger partial charge in [-0.3, -0.25) is 15.6 Å². The summed E-state index contributed by atoms with van der Waals surface area (Å²) in [5.41, 5.74) is 12.7. The van der Waals surface area contributed by atoms with Crippen molar-refractivity contribution < 1.29 is 14.7 Å². The van der Waals surface area contributed by atoms with Crippen molar-refractivity contribution in [1.29, 1.82) is 0 Å². The van der Waals surface area contributed by atoms with Gasteiger partial charge in [0.25, 0.3) is 5.91 Å². The van der Waals surface area contributed by atoms with E-state index in [-0.39, 0.29) is 23.0 Å². The Morgan fingerprint density at radius 1 is 0.889 bits per heavy atom. The predicted octanol–water partition coefficient (Wildman–Crippen LogP) is 2.26. The fourth-order valence-electron chi connectivity index (χ4n) is 2.21. The van der Waals surface area contributed by atoms with E-state index < -0.39 is 5.97 Å². The van der Waals surface area contributed by atoms with Crippen LogP contribution in [0.4, 0.5) is 23.0 Å². The highest BCUT2D eigenvalue weighted by Crippen LogP contribution is 2.25. The molecule has 0 radical (unpaired) electrons. The van der Waals surface area contributed by atoms with Crippen LogP contribution in [-0.4, -0.2) is 27.0 Å². The van der Waals surface area contributed by atoms with Gasteiger partial charge in [-0.05, 0) is 36.4 Å². The minimum absolute atomic E-state index is 0.169. The van der Waals surface area contributed by atoms with Gasteiger partial charge in [-0.15, -0.1) is 0 Å². The van der Waals surface area contributed by atoms with Crippen LogP contribution in [0.15, 0.2) is 60.9 Å². The van der Waals surface area contributed by atoms with Crippen molar-refractivity contribution in [2.45, 2.75) is 0 Å². The number of amides is 1. The number of hydrogen-bond donors (Lipinski definition) is 5. The van der Waals surface area contributed by atoms with E-state index in [9.17, 15) is 9.59 Å². The molecule has 0 saturated carbocycles. The molecule has 136 valence electrons. The molecule has 27 heavy (non-hydrogen) atoms. The van der Waals surface area contributed by atoms with E-state index in [1.165, 1.54) is 18.5 Å². The van der Waals surface area contributed by atoms with E-state index in [1.54, 1.807) is 36.4 Å². The molecule has 0 saturated heterocycles. The van der Waals surface area contributed by atoms with Gasteiger partial charge in [0, 0.05) is 11.3 Å². The lowest BCUT2D eigenvalue weighted by molar-refractivity contribution is 0.0696. The van der Waals surface area contributed by atoms with Crippen LogP contribution >= 0.6 is 0 Å². The lowest BCUT2D eigenvalue weighted by Gasteiger charge is -2.13. The number of nitrogen functional groups attached to an aromatic ring is 1. The average molecular weight is 364 g/mol. The number of carboxylic acids is 1. The van der Waals surface area contributed by atoms with Gasteiger partial charge < -0.3 is 16.2 Å². The molecule has 0 bridgehead atoms. The highest BCUT2D eigenvalue weighted by Gasteiger charge is 2.11. The molecular weight excluding hydrogens is 348 g/mol. The third-order valence-electron chi connectivity index (χ3n) is 3.61.